The number of rotatable bonds is 4. The Labute approximate surface area is 145 Å². The zero-order chi connectivity index (χ0) is 17.1. The van der Waals surface area contributed by atoms with Gasteiger partial charge in [0.25, 0.3) is 5.91 Å². The Morgan fingerprint density at radius 1 is 1.46 bits per heavy atom. The predicted molar refractivity (Wildman–Crippen MR) is 89.5 cm³/mol. The number of carbonyl (C=O) groups excluding carboxylic acids is 1. The number of aromatic nitrogens is 4. The first-order chi connectivity index (χ1) is 11.5. The molecule has 8 heteroatoms. The predicted octanol–water partition coefficient (Wildman–Crippen LogP) is 3.04. The number of likely N-dealkylation sites (tertiary alicyclic amines) is 1. The van der Waals surface area contributed by atoms with Crippen LogP contribution in [0.25, 0.3) is 6.20 Å². The number of piperidine rings is 1. The van der Waals surface area contributed by atoms with Crippen molar-refractivity contribution in [3.63, 3.8) is 0 Å². The van der Waals surface area contributed by atoms with Gasteiger partial charge in [-0.05, 0) is 56.5 Å². The lowest BCUT2D eigenvalue weighted by molar-refractivity contribution is 0.0566. The molecule has 1 saturated heterocycles. The summed E-state index contributed by atoms with van der Waals surface area (Å²) in [6.45, 7) is 4.33. The van der Waals surface area contributed by atoms with E-state index in [1.165, 1.54) is 4.80 Å². The molecule has 24 heavy (non-hydrogen) atoms. The van der Waals surface area contributed by atoms with Crippen molar-refractivity contribution < 1.29 is 9.21 Å². The molecule has 1 amide bonds. The number of aryl methyl sites for hydroxylation is 1. The molecule has 3 heterocycles. The number of nitrogens with zero attached hydrogens (tertiary/aromatic N) is 5. The molecule has 2 atom stereocenters. The second-order valence-corrected chi connectivity index (χ2v) is 6.60. The Morgan fingerprint density at radius 2 is 2.29 bits per heavy atom. The maximum Gasteiger partial charge on any atom is 0.290 e. The van der Waals surface area contributed by atoms with E-state index in [0.29, 0.717) is 18.1 Å². The van der Waals surface area contributed by atoms with Crippen molar-refractivity contribution in [2.24, 2.45) is 0 Å². The second-order valence-electron chi connectivity index (χ2n) is 5.91. The highest BCUT2D eigenvalue weighted by Crippen LogP contribution is 2.30. The summed E-state index contributed by atoms with van der Waals surface area (Å²) in [6.07, 6.45) is 6.22. The van der Waals surface area contributed by atoms with Crippen LogP contribution in [-0.4, -0.2) is 42.9 Å². The van der Waals surface area contributed by atoms with Gasteiger partial charge in [-0.1, -0.05) is 0 Å². The Bertz CT molecular complexity index is 736. The summed E-state index contributed by atoms with van der Waals surface area (Å²) in [5.74, 6) is 1.48. The minimum atomic E-state index is -0.188. The molecule has 0 spiro atoms. The number of allylic oxidation sites excluding steroid dienone is 1. The van der Waals surface area contributed by atoms with E-state index in [2.05, 4.69) is 15.4 Å². The minimum absolute atomic E-state index is 0.116. The van der Waals surface area contributed by atoms with E-state index in [4.69, 9.17) is 16.0 Å². The summed E-state index contributed by atoms with van der Waals surface area (Å²) >= 11 is 5.88. The number of alkyl halides is 1. The molecule has 7 nitrogen and oxygen atoms in total. The van der Waals surface area contributed by atoms with Crippen LogP contribution in [0.5, 0.6) is 0 Å². The van der Waals surface area contributed by atoms with Crippen molar-refractivity contribution in [2.45, 2.75) is 44.5 Å². The molecule has 0 aromatic carbocycles. The van der Waals surface area contributed by atoms with Gasteiger partial charge in [-0.2, -0.15) is 0 Å². The number of hydrogen-bond acceptors (Lipinski definition) is 5. The van der Waals surface area contributed by atoms with Gasteiger partial charge < -0.3 is 9.32 Å². The third kappa shape index (κ3) is 3.67. The zero-order valence-corrected chi connectivity index (χ0v) is 14.5. The first kappa shape index (κ1) is 16.7. The molecule has 1 aliphatic rings. The van der Waals surface area contributed by atoms with E-state index < -0.39 is 0 Å². The van der Waals surface area contributed by atoms with E-state index in [1.54, 1.807) is 29.3 Å². The monoisotopic (exact) mass is 349 g/mol. The molecule has 0 bridgehead atoms. The van der Waals surface area contributed by atoms with Gasteiger partial charge in [0.2, 0.25) is 0 Å². The van der Waals surface area contributed by atoms with E-state index >= 15 is 0 Å². The molecular weight excluding hydrogens is 330 g/mol. The van der Waals surface area contributed by atoms with Gasteiger partial charge in [0.05, 0.1) is 11.4 Å². The molecule has 0 radical (unpaired) electrons. The van der Waals surface area contributed by atoms with Gasteiger partial charge in [-0.15, -0.1) is 26.6 Å². The standard InChI is InChI=1S/C16H20ClN5O2/c1-11(17)8-10-22-19-15(18-20-22)13-5-3-4-9-21(13)16(23)14-7-6-12(2)24-14/h6-8,10-11,13H,3-5,9H2,1-2H3/b10-8+. The third-order valence-corrected chi connectivity index (χ3v) is 4.09. The summed E-state index contributed by atoms with van der Waals surface area (Å²) in [5, 5.41) is 12.4. The maximum absolute atomic E-state index is 12.7. The van der Waals surface area contributed by atoms with Crippen LogP contribution in [0.2, 0.25) is 0 Å². The molecule has 2 aromatic rings. The van der Waals surface area contributed by atoms with E-state index in [-0.39, 0.29) is 17.3 Å². The lowest BCUT2D eigenvalue weighted by Gasteiger charge is -2.33. The van der Waals surface area contributed by atoms with Crippen LogP contribution in [0.4, 0.5) is 0 Å². The van der Waals surface area contributed by atoms with E-state index in [1.807, 2.05) is 13.8 Å². The summed E-state index contributed by atoms with van der Waals surface area (Å²) in [5.41, 5.74) is 0. The number of tetrazole rings is 1. The van der Waals surface area contributed by atoms with Gasteiger partial charge in [-0.25, -0.2) is 0 Å². The molecule has 0 N–H and O–H groups in total. The molecular formula is C16H20ClN5O2. The van der Waals surface area contributed by atoms with Crippen LogP contribution in [0.15, 0.2) is 22.6 Å². The molecule has 2 unspecified atom stereocenters. The first-order valence-electron chi connectivity index (χ1n) is 8.04. The largest absolute Gasteiger partial charge is 0.456 e. The first-order valence-corrected chi connectivity index (χ1v) is 8.47. The van der Waals surface area contributed by atoms with Crippen LogP contribution in [0, 0.1) is 6.92 Å². The van der Waals surface area contributed by atoms with Crippen LogP contribution < -0.4 is 0 Å². The van der Waals surface area contributed by atoms with Crippen LogP contribution >= 0.6 is 11.6 Å². The van der Waals surface area contributed by atoms with E-state index in [0.717, 1.165) is 25.0 Å². The van der Waals surface area contributed by atoms with Crippen molar-refractivity contribution in [1.82, 2.24) is 25.1 Å². The van der Waals surface area contributed by atoms with Gasteiger partial charge in [0.15, 0.2) is 11.6 Å². The molecule has 1 fully saturated rings. The van der Waals surface area contributed by atoms with Gasteiger partial charge in [-0.3, -0.25) is 4.79 Å². The van der Waals surface area contributed by atoms with Gasteiger partial charge in [0, 0.05) is 12.7 Å². The minimum Gasteiger partial charge on any atom is -0.456 e. The fourth-order valence-electron chi connectivity index (χ4n) is 2.76. The normalized spacial score (nSPS) is 19.8. The topological polar surface area (TPSA) is 77.1 Å². The number of carbonyl (C=O) groups is 1. The number of hydrogen-bond donors (Lipinski definition) is 0. The zero-order valence-electron chi connectivity index (χ0n) is 13.7. The Kier molecular flexibility index (Phi) is 4.99. The summed E-state index contributed by atoms with van der Waals surface area (Å²) < 4.78 is 5.47. The lowest BCUT2D eigenvalue weighted by atomic mass is 10.0. The second kappa shape index (κ2) is 7.17. The Balaban J connectivity index is 1.81. The fraction of sp³-hybridized carbons (Fsp3) is 0.500. The molecule has 0 saturated carbocycles. The Morgan fingerprint density at radius 3 is 3.00 bits per heavy atom. The average molecular weight is 350 g/mol. The van der Waals surface area contributed by atoms with Crippen LogP contribution in [-0.2, 0) is 0 Å². The van der Waals surface area contributed by atoms with Crippen LogP contribution in [0.1, 0.15) is 54.4 Å². The molecule has 1 aliphatic heterocycles. The van der Waals surface area contributed by atoms with Crippen molar-refractivity contribution in [1.29, 1.82) is 0 Å². The number of furan rings is 1. The highest BCUT2D eigenvalue weighted by Gasteiger charge is 2.32. The fourth-order valence-corrected chi connectivity index (χ4v) is 2.83. The smallest absolute Gasteiger partial charge is 0.290 e. The molecule has 128 valence electrons. The highest BCUT2D eigenvalue weighted by atomic mass is 35.5. The number of halogens is 1. The van der Waals surface area contributed by atoms with Crippen molar-refractivity contribution in [3.05, 3.63) is 35.6 Å². The van der Waals surface area contributed by atoms with Crippen molar-refractivity contribution in [2.75, 3.05) is 6.54 Å². The highest BCUT2D eigenvalue weighted by molar-refractivity contribution is 6.21. The van der Waals surface area contributed by atoms with Crippen molar-refractivity contribution in [3.8, 4) is 0 Å². The molecule has 3 rings (SSSR count). The van der Waals surface area contributed by atoms with Crippen LogP contribution in [0.3, 0.4) is 0 Å². The summed E-state index contributed by atoms with van der Waals surface area (Å²) in [7, 11) is 0. The SMILES string of the molecule is Cc1ccc(C(=O)N2CCCCC2c2nnn(/C=C/C(C)Cl)n2)o1. The van der Waals surface area contributed by atoms with Crippen molar-refractivity contribution >= 4 is 23.7 Å². The summed E-state index contributed by atoms with van der Waals surface area (Å²) in [4.78, 5) is 15.9. The lowest BCUT2D eigenvalue weighted by Crippen LogP contribution is -2.38. The summed E-state index contributed by atoms with van der Waals surface area (Å²) in [6, 6.07) is 3.31. The third-order valence-electron chi connectivity index (χ3n) is 3.94. The van der Waals surface area contributed by atoms with Gasteiger partial charge in [0.1, 0.15) is 5.76 Å². The molecule has 2 aromatic heterocycles. The van der Waals surface area contributed by atoms with E-state index in [9.17, 15) is 4.79 Å². The average Bonchev–Trinajstić information content (AvgIpc) is 3.21. The van der Waals surface area contributed by atoms with Gasteiger partial charge >= 0.3 is 0 Å². The quantitative estimate of drug-likeness (QED) is 0.793. The maximum atomic E-state index is 12.7. The Hall–Kier alpha value is -2.15. The number of amides is 1. The molecule has 0 aliphatic carbocycles.